The van der Waals surface area contributed by atoms with Crippen LogP contribution in [0.1, 0.15) is 35.2 Å². The third-order valence-corrected chi connectivity index (χ3v) is 5.60. The minimum absolute atomic E-state index is 0.0730. The van der Waals surface area contributed by atoms with Crippen LogP contribution < -0.4 is 10.9 Å². The van der Waals surface area contributed by atoms with Crippen molar-refractivity contribution >= 4 is 27.7 Å². The lowest BCUT2D eigenvalue weighted by Crippen LogP contribution is -2.40. The molecule has 0 bridgehead atoms. The highest BCUT2D eigenvalue weighted by atomic mass is 79.9. The molecule has 7 heteroatoms. The first-order chi connectivity index (χ1) is 13.5. The van der Waals surface area contributed by atoms with Crippen molar-refractivity contribution in [3.63, 3.8) is 0 Å². The molecular weight excluding hydrogens is 422 g/mol. The molecule has 2 amide bonds. The van der Waals surface area contributed by atoms with Crippen LogP contribution in [0.3, 0.4) is 0 Å². The van der Waals surface area contributed by atoms with Gasteiger partial charge in [-0.3, -0.25) is 14.4 Å². The molecular formula is C21H24BrN3O3. The first-order valence-corrected chi connectivity index (χ1v) is 10.3. The molecule has 0 saturated carbocycles. The van der Waals surface area contributed by atoms with Gasteiger partial charge in [-0.2, -0.15) is 0 Å². The van der Waals surface area contributed by atoms with Crippen molar-refractivity contribution in [1.29, 1.82) is 0 Å². The fraction of sp³-hybridized carbons (Fsp3) is 0.381. The predicted molar refractivity (Wildman–Crippen MR) is 111 cm³/mol. The van der Waals surface area contributed by atoms with Crippen molar-refractivity contribution < 1.29 is 9.59 Å². The minimum Gasteiger partial charge on any atom is -0.351 e. The van der Waals surface area contributed by atoms with Gasteiger partial charge in [-0.1, -0.05) is 28.1 Å². The van der Waals surface area contributed by atoms with Crippen LogP contribution in [0.15, 0.2) is 51.9 Å². The van der Waals surface area contributed by atoms with E-state index in [2.05, 4.69) is 50.5 Å². The highest BCUT2D eigenvalue weighted by Gasteiger charge is 2.22. The van der Waals surface area contributed by atoms with E-state index in [1.54, 1.807) is 0 Å². The summed E-state index contributed by atoms with van der Waals surface area (Å²) in [5.41, 5.74) is 1.45. The van der Waals surface area contributed by atoms with Crippen LogP contribution in [-0.4, -0.2) is 41.3 Å². The number of hydrogen-bond acceptors (Lipinski definition) is 3. The van der Waals surface area contributed by atoms with Crippen molar-refractivity contribution in [2.45, 2.75) is 25.7 Å². The number of aromatic amines is 1. The fourth-order valence-electron chi connectivity index (χ4n) is 3.44. The van der Waals surface area contributed by atoms with Gasteiger partial charge in [0.1, 0.15) is 0 Å². The van der Waals surface area contributed by atoms with Gasteiger partial charge in [0.2, 0.25) is 11.5 Å². The number of pyridine rings is 1. The molecule has 28 heavy (non-hydrogen) atoms. The molecule has 1 aromatic carbocycles. The molecule has 2 aromatic rings. The van der Waals surface area contributed by atoms with Gasteiger partial charge >= 0.3 is 0 Å². The molecule has 1 aliphatic rings. The van der Waals surface area contributed by atoms with Crippen molar-refractivity contribution in [1.82, 2.24) is 15.2 Å². The average molecular weight is 446 g/mol. The molecule has 1 fully saturated rings. The molecule has 6 nitrogen and oxygen atoms in total. The number of hydrogen-bond donors (Lipinski definition) is 2. The fourth-order valence-corrected chi connectivity index (χ4v) is 3.70. The maximum atomic E-state index is 12.4. The molecule has 1 aromatic heterocycles. The maximum absolute atomic E-state index is 12.4. The number of aromatic nitrogens is 1. The van der Waals surface area contributed by atoms with Crippen molar-refractivity contribution in [3.05, 3.63) is 68.5 Å². The molecule has 2 heterocycles. The van der Waals surface area contributed by atoms with E-state index in [1.807, 2.05) is 4.90 Å². The minimum atomic E-state index is -0.294. The summed E-state index contributed by atoms with van der Waals surface area (Å²) in [6.45, 7) is 1.83. The average Bonchev–Trinajstić information content (AvgIpc) is 2.70. The summed E-state index contributed by atoms with van der Waals surface area (Å²) >= 11 is 3.46. The van der Waals surface area contributed by atoms with E-state index in [0.29, 0.717) is 11.5 Å². The first kappa shape index (κ1) is 20.3. The number of nitrogens with one attached hydrogen (secondary N) is 2. The van der Waals surface area contributed by atoms with Gasteiger partial charge in [0.25, 0.3) is 5.91 Å². The van der Waals surface area contributed by atoms with Gasteiger partial charge in [0, 0.05) is 42.8 Å². The second-order valence-electron chi connectivity index (χ2n) is 7.10. The summed E-state index contributed by atoms with van der Waals surface area (Å²) in [4.78, 5) is 39.8. The third-order valence-electron chi connectivity index (χ3n) is 5.08. The van der Waals surface area contributed by atoms with Crippen LogP contribution in [0.4, 0.5) is 0 Å². The first-order valence-electron chi connectivity index (χ1n) is 9.50. The van der Waals surface area contributed by atoms with Gasteiger partial charge < -0.3 is 15.2 Å². The van der Waals surface area contributed by atoms with Crippen LogP contribution in [0, 0.1) is 5.92 Å². The zero-order valence-corrected chi connectivity index (χ0v) is 17.2. The van der Waals surface area contributed by atoms with Crippen molar-refractivity contribution in [2.75, 3.05) is 19.6 Å². The molecule has 0 atom stereocenters. The Morgan fingerprint density at radius 3 is 2.46 bits per heavy atom. The van der Waals surface area contributed by atoms with Gasteiger partial charge in [-0.05, 0) is 48.9 Å². The molecule has 0 aliphatic carbocycles. The Balaban J connectivity index is 1.37. The van der Waals surface area contributed by atoms with Crippen LogP contribution in [0.25, 0.3) is 0 Å². The van der Waals surface area contributed by atoms with Gasteiger partial charge in [-0.15, -0.1) is 0 Å². The molecule has 1 saturated heterocycles. The van der Waals surface area contributed by atoms with E-state index >= 15 is 0 Å². The Labute approximate surface area is 172 Å². The van der Waals surface area contributed by atoms with Crippen molar-refractivity contribution in [2.24, 2.45) is 5.92 Å². The summed E-state index contributed by atoms with van der Waals surface area (Å²) in [7, 11) is 0. The number of carbonyl (C=O) groups is 2. The molecule has 2 N–H and O–H groups in total. The Kier molecular flexibility index (Phi) is 7.03. The number of piperidine rings is 1. The highest BCUT2D eigenvalue weighted by molar-refractivity contribution is 9.10. The Morgan fingerprint density at radius 2 is 1.82 bits per heavy atom. The monoisotopic (exact) mass is 445 g/mol. The summed E-state index contributed by atoms with van der Waals surface area (Å²) in [6.07, 6.45) is 4.71. The number of nitrogens with zero attached hydrogens (tertiary/aromatic N) is 1. The van der Waals surface area contributed by atoms with Crippen LogP contribution in [0.5, 0.6) is 0 Å². The second kappa shape index (κ2) is 9.68. The molecule has 3 rings (SSSR count). The zero-order chi connectivity index (χ0) is 19.9. The largest absolute Gasteiger partial charge is 0.351 e. The lowest BCUT2D eigenvalue weighted by Gasteiger charge is -2.32. The summed E-state index contributed by atoms with van der Waals surface area (Å²) in [5.74, 6) is 0.381. The molecule has 1 aliphatic heterocycles. The van der Waals surface area contributed by atoms with E-state index in [-0.39, 0.29) is 30.3 Å². The van der Waals surface area contributed by atoms with E-state index in [1.165, 1.54) is 23.9 Å². The molecule has 0 spiro atoms. The zero-order valence-electron chi connectivity index (χ0n) is 15.6. The smallest absolute Gasteiger partial charge is 0.252 e. The predicted octanol–water partition coefficient (Wildman–Crippen LogP) is 2.74. The Bertz CT molecular complexity index is 851. The molecule has 0 radical (unpaired) electrons. The van der Waals surface area contributed by atoms with Crippen molar-refractivity contribution in [3.8, 4) is 0 Å². The van der Waals surface area contributed by atoms with Gasteiger partial charge in [-0.25, -0.2) is 0 Å². The van der Waals surface area contributed by atoms with E-state index in [0.717, 1.165) is 36.8 Å². The van der Waals surface area contributed by atoms with Crippen LogP contribution >= 0.6 is 15.9 Å². The van der Waals surface area contributed by atoms with E-state index in [9.17, 15) is 14.4 Å². The number of halogens is 1. The number of amides is 2. The number of H-pyrrole nitrogens is 1. The lowest BCUT2D eigenvalue weighted by molar-refractivity contribution is -0.132. The van der Waals surface area contributed by atoms with E-state index in [4.69, 9.17) is 0 Å². The molecule has 0 unspecified atom stereocenters. The summed E-state index contributed by atoms with van der Waals surface area (Å²) < 4.78 is 1.09. The maximum Gasteiger partial charge on any atom is 0.252 e. The number of carbonyl (C=O) groups excluding carboxylic acids is 2. The lowest BCUT2D eigenvalue weighted by atomic mass is 9.90. The van der Waals surface area contributed by atoms with E-state index < -0.39 is 0 Å². The Morgan fingerprint density at radius 1 is 1.11 bits per heavy atom. The number of benzene rings is 1. The SMILES string of the molecule is O=C(NCCC(=O)N1CCC(Cc2ccc(Br)cc2)CC1)c1ccc(=O)[nH]c1. The normalized spacial score (nSPS) is 14.7. The van der Waals surface area contributed by atoms with Gasteiger partial charge in [0.05, 0.1) is 5.56 Å². The topological polar surface area (TPSA) is 82.3 Å². The molecule has 148 valence electrons. The highest BCUT2D eigenvalue weighted by Crippen LogP contribution is 2.23. The standard InChI is InChI=1S/C21H24BrN3O3/c22-18-4-1-15(2-5-18)13-16-8-11-25(12-9-16)20(27)7-10-23-21(28)17-3-6-19(26)24-14-17/h1-6,14,16H,7-13H2,(H,23,28)(H,24,26). The van der Waals surface area contributed by atoms with Crippen LogP contribution in [0.2, 0.25) is 0 Å². The Hall–Kier alpha value is -2.41. The second-order valence-corrected chi connectivity index (χ2v) is 8.02. The van der Waals surface area contributed by atoms with Gasteiger partial charge in [0.15, 0.2) is 0 Å². The number of likely N-dealkylation sites (tertiary alicyclic amines) is 1. The summed E-state index contributed by atoms with van der Waals surface area (Å²) in [6, 6.07) is 11.2. The quantitative estimate of drug-likeness (QED) is 0.716. The number of rotatable bonds is 6. The third kappa shape index (κ3) is 5.79. The summed E-state index contributed by atoms with van der Waals surface area (Å²) in [5, 5.41) is 2.72. The van der Waals surface area contributed by atoms with Crippen LogP contribution in [-0.2, 0) is 11.2 Å².